The van der Waals surface area contributed by atoms with Gasteiger partial charge in [-0.25, -0.2) is 0 Å². The van der Waals surface area contributed by atoms with Crippen LogP contribution < -0.4 is 0 Å². The highest BCUT2D eigenvalue weighted by molar-refractivity contribution is 6.15. The van der Waals surface area contributed by atoms with E-state index in [1.54, 1.807) is 0 Å². The molecule has 1 aliphatic heterocycles. The highest BCUT2D eigenvalue weighted by atomic mass is 14.8. The fraction of sp³-hybridized carbons (Fsp3) is 0.0541. The van der Waals surface area contributed by atoms with Crippen LogP contribution in [0, 0.1) is 0 Å². The van der Waals surface area contributed by atoms with Crippen molar-refractivity contribution in [1.82, 2.24) is 0 Å². The van der Waals surface area contributed by atoms with Crippen LogP contribution in [0.2, 0.25) is 0 Å². The summed E-state index contributed by atoms with van der Waals surface area (Å²) in [4.78, 5) is 5.20. The zero-order valence-electron chi connectivity index (χ0n) is 20.9. The molecule has 1 unspecified atom stereocenters. The molecule has 1 nitrogen and oxygen atoms in total. The summed E-state index contributed by atoms with van der Waals surface area (Å²) >= 11 is 0. The third kappa shape index (κ3) is 3.36. The van der Waals surface area contributed by atoms with Crippen molar-refractivity contribution in [2.24, 2.45) is 4.99 Å². The second kappa shape index (κ2) is 8.39. The fourth-order valence-electron chi connectivity index (χ4n) is 6.27. The summed E-state index contributed by atoms with van der Waals surface area (Å²) in [7, 11) is 0. The number of benzene rings is 6. The largest absolute Gasteiger partial charge is 0.252 e. The molecule has 8 rings (SSSR count). The zero-order valence-corrected chi connectivity index (χ0v) is 20.9. The van der Waals surface area contributed by atoms with Crippen molar-refractivity contribution in [3.05, 3.63) is 150 Å². The second-order valence-corrected chi connectivity index (χ2v) is 10.4. The summed E-state index contributed by atoms with van der Waals surface area (Å²) in [5.41, 5.74) is 13.9. The molecule has 0 amide bonds. The number of aliphatic imine (C=N–C) groups is 1. The monoisotopic (exact) mass is 483 g/mol. The lowest BCUT2D eigenvalue weighted by Gasteiger charge is -2.33. The maximum atomic E-state index is 5.20. The van der Waals surface area contributed by atoms with Gasteiger partial charge in [-0.1, -0.05) is 109 Å². The highest BCUT2D eigenvalue weighted by Gasteiger charge is 2.33. The van der Waals surface area contributed by atoms with Gasteiger partial charge in [0.1, 0.15) is 0 Å². The normalized spacial score (nSPS) is 15.2. The van der Waals surface area contributed by atoms with E-state index < -0.39 is 0 Å². The molecule has 0 aromatic heterocycles. The van der Waals surface area contributed by atoms with Crippen LogP contribution in [0.25, 0.3) is 44.2 Å². The Hall–Kier alpha value is -4.75. The average Bonchev–Trinajstić information content (AvgIpc) is 3.00. The molecule has 2 aliphatic rings. The minimum absolute atomic E-state index is 0.305. The fourth-order valence-corrected chi connectivity index (χ4v) is 6.27. The van der Waals surface area contributed by atoms with Gasteiger partial charge in [-0.05, 0) is 86.0 Å². The van der Waals surface area contributed by atoms with E-state index in [4.69, 9.17) is 4.99 Å². The van der Waals surface area contributed by atoms with Crippen molar-refractivity contribution in [2.45, 2.75) is 12.3 Å². The Morgan fingerprint density at radius 1 is 0.474 bits per heavy atom. The standard InChI is InChI=1S/C37H25N/c1-2-8-24(9-3-1)25-14-15-27-21-28(17-16-26(27)20-25)29-18-19-33-34(22-29)31-11-5-6-12-32(31)35-23-30-10-4-7-13-36(30)38-37(33)35/h1-22,35H,23H2. The minimum atomic E-state index is 0.305. The lowest BCUT2D eigenvalue weighted by atomic mass is 9.73. The molecule has 38 heavy (non-hydrogen) atoms. The molecule has 6 aromatic rings. The minimum Gasteiger partial charge on any atom is -0.252 e. The molecule has 1 atom stereocenters. The molecule has 0 saturated carbocycles. The van der Waals surface area contributed by atoms with Gasteiger partial charge in [0.25, 0.3) is 0 Å². The van der Waals surface area contributed by atoms with Gasteiger partial charge in [-0.3, -0.25) is 4.99 Å². The topological polar surface area (TPSA) is 12.4 Å². The van der Waals surface area contributed by atoms with Crippen molar-refractivity contribution in [1.29, 1.82) is 0 Å². The molecule has 0 N–H and O–H groups in total. The van der Waals surface area contributed by atoms with Crippen LogP contribution in [0.3, 0.4) is 0 Å². The van der Waals surface area contributed by atoms with E-state index in [0.29, 0.717) is 5.92 Å². The number of nitrogens with zero attached hydrogens (tertiary/aromatic N) is 1. The summed E-state index contributed by atoms with van der Waals surface area (Å²) in [6.45, 7) is 0. The second-order valence-electron chi connectivity index (χ2n) is 10.4. The van der Waals surface area contributed by atoms with Gasteiger partial charge in [-0.2, -0.15) is 0 Å². The number of para-hydroxylation sites is 1. The molecule has 1 aliphatic carbocycles. The maximum Gasteiger partial charge on any atom is 0.0665 e. The van der Waals surface area contributed by atoms with E-state index in [1.807, 2.05) is 0 Å². The van der Waals surface area contributed by atoms with E-state index in [9.17, 15) is 0 Å². The van der Waals surface area contributed by atoms with Crippen LogP contribution in [0.5, 0.6) is 0 Å². The van der Waals surface area contributed by atoms with Crippen LogP contribution in [-0.4, -0.2) is 5.71 Å². The first-order chi connectivity index (χ1) is 18.8. The van der Waals surface area contributed by atoms with Gasteiger partial charge >= 0.3 is 0 Å². The number of hydrogen-bond donors (Lipinski definition) is 0. The SMILES string of the molecule is c1ccc(-c2ccc3cc(-c4ccc5c(c4)-c4ccccc4C4Cc6ccccc6N=C54)ccc3c2)cc1. The molecule has 1 heteroatoms. The third-order valence-corrected chi connectivity index (χ3v) is 8.19. The predicted octanol–water partition coefficient (Wildman–Crippen LogP) is 9.61. The Labute approximate surface area is 222 Å². The molecule has 178 valence electrons. The Morgan fingerprint density at radius 2 is 1.13 bits per heavy atom. The van der Waals surface area contributed by atoms with E-state index >= 15 is 0 Å². The Kier molecular flexibility index (Phi) is 4.72. The smallest absolute Gasteiger partial charge is 0.0665 e. The Morgan fingerprint density at radius 3 is 1.97 bits per heavy atom. The van der Waals surface area contributed by atoms with Crippen LogP contribution >= 0.6 is 0 Å². The van der Waals surface area contributed by atoms with Gasteiger partial charge in [-0.15, -0.1) is 0 Å². The summed E-state index contributed by atoms with van der Waals surface area (Å²) in [5, 5.41) is 2.52. The Bertz CT molecular complexity index is 1890. The zero-order chi connectivity index (χ0) is 25.1. The van der Waals surface area contributed by atoms with E-state index in [-0.39, 0.29) is 0 Å². The molecule has 0 saturated heterocycles. The van der Waals surface area contributed by atoms with Crippen molar-refractivity contribution in [3.8, 4) is 33.4 Å². The summed E-state index contributed by atoms with van der Waals surface area (Å²) < 4.78 is 0. The highest BCUT2D eigenvalue weighted by Crippen LogP contribution is 2.46. The van der Waals surface area contributed by atoms with Crippen LogP contribution in [0.1, 0.15) is 22.6 Å². The van der Waals surface area contributed by atoms with Crippen LogP contribution in [0.4, 0.5) is 5.69 Å². The van der Waals surface area contributed by atoms with Gasteiger partial charge in [0, 0.05) is 11.5 Å². The average molecular weight is 484 g/mol. The van der Waals surface area contributed by atoms with E-state index in [0.717, 1.165) is 12.1 Å². The summed E-state index contributed by atoms with van der Waals surface area (Å²) in [6, 6.07) is 48.6. The summed E-state index contributed by atoms with van der Waals surface area (Å²) in [6.07, 6.45) is 1.00. The predicted molar refractivity (Wildman–Crippen MR) is 159 cm³/mol. The van der Waals surface area contributed by atoms with Gasteiger partial charge in [0.05, 0.1) is 11.4 Å². The summed E-state index contributed by atoms with van der Waals surface area (Å²) in [5.74, 6) is 0.305. The van der Waals surface area contributed by atoms with E-state index in [2.05, 4.69) is 133 Å². The quantitative estimate of drug-likeness (QED) is 0.232. The third-order valence-electron chi connectivity index (χ3n) is 8.19. The molecule has 1 heterocycles. The molecule has 0 fully saturated rings. The molecule has 0 bridgehead atoms. The number of hydrogen-bond acceptors (Lipinski definition) is 1. The van der Waals surface area contributed by atoms with Gasteiger partial charge in [0.2, 0.25) is 0 Å². The molecular formula is C37H25N. The molecule has 6 aromatic carbocycles. The van der Waals surface area contributed by atoms with Crippen molar-refractivity contribution in [3.63, 3.8) is 0 Å². The Balaban J connectivity index is 1.24. The molecule has 0 spiro atoms. The van der Waals surface area contributed by atoms with Gasteiger partial charge < -0.3 is 0 Å². The van der Waals surface area contributed by atoms with Crippen LogP contribution in [-0.2, 0) is 6.42 Å². The van der Waals surface area contributed by atoms with Crippen molar-refractivity contribution < 1.29 is 0 Å². The lowest BCUT2D eigenvalue weighted by molar-refractivity contribution is 0.855. The first kappa shape index (κ1) is 21.3. The van der Waals surface area contributed by atoms with Gasteiger partial charge in [0.15, 0.2) is 0 Å². The number of rotatable bonds is 2. The number of fused-ring (bicyclic) bond motifs is 8. The van der Waals surface area contributed by atoms with Crippen LogP contribution in [0.15, 0.2) is 138 Å². The van der Waals surface area contributed by atoms with E-state index in [1.165, 1.54) is 66.6 Å². The molecule has 0 radical (unpaired) electrons. The lowest BCUT2D eigenvalue weighted by Crippen LogP contribution is -2.24. The first-order valence-corrected chi connectivity index (χ1v) is 13.3. The first-order valence-electron chi connectivity index (χ1n) is 13.3. The van der Waals surface area contributed by atoms with Crippen molar-refractivity contribution in [2.75, 3.05) is 0 Å². The maximum absolute atomic E-state index is 5.20. The van der Waals surface area contributed by atoms with Crippen molar-refractivity contribution >= 4 is 22.2 Å². The molecular weight excluding hydrogens is 458 g/mol.